The fraction of sp³-hybridized carbons (Fsp3) is 0.267. The molecule has 2 N–H and O–H groups in total. The van der Waals surface area contributed by atoms with Gasteiger partial charge in [-0.2, -0.15) is 0 Å². The molecule has 0 radical (unpaired) electrons. The molecular weight excluding hydrogens is 478 g/mol. The number of hydrogen-bond donors (Lipinski definition) is 2. The van der Waals surface area contributed by atoms with Crippen LogP contribution in [0.4, 0.5) is 11.4 Å². The van der Waals surface area contributed by atoms with Gasteiger partial charge in [-0.3, -0.25) is 4.98 Å². The van der Waals surface area contributed by atoms with E-state index in [-0.39, 0.29) is 17.8 Å². The van der Waals surface area contributed by atoms with Crippen molar-refractivity contribution in [2.75, 3.05) is 22.9 Å². The number of phenols is 1. The summed E-state index contributed by atoms with van der Waals surface area (Å²) in [5.74, 6) is 0.228. The fourth-order valence-electron chi connectivity index (χ4n) is 5.45. The molecule has 1 aliphatic rings. The van der Waals surface area contributed by atoms with Crippen LogP contribution in [0.3, 0.4) is 0 Å². The lowest BCUT2D eigenvalue weighted by atomic mass is 9.96. The van der Waals surface area contributed by atoms with Crippen molar-refractivity contribution in [1.82, 2.24) is 14.9 Å². The predicted molar refractivity (Wildman–Crippen MR) is 155 cm³/mol. The molecule has 0 unspecified atom stereocenters. The average molecular weight is 512 g/mol. The van der Waals surface area contributed by atoms with Gasteiger partial charge in [0.1, 0.15) is 5.75 Å². The van der Waals surface area contributed by atoms with Gasteiger partial charge in [-0.15, -0.1) is 0 Å². The van der Waals surface area contributed by atoms with E-state index in [0.717, 1.165) is 41.5 Å². The first-order chi connectivity index (χ1) is 17.9. The molecular formula is C30H33N5OS. The van der Waals surface area contributed by atoms with Crippen molar-refractivity contribution in [1.29, 1.82) is 0 Å². The number of anilines is 2. The Bertz CT molecular complexity index is 1380. The molecule has 1 aliphatic heterocycles. The van der Waals surface area contributed by atoms with Crippen LogP contribution in [-0.4, -0.2) is 32.9 Å². The molecule has 5 rings (SSSR count). The zero-order valence-corrected chi connectivity index (χ0v) is 22.5. The summed E-state index contributed by atoms with van der Waals surface area (Å²) in [6, 6.07) is 24.0. The number of benzene rings is 2. The van der Waals surface area contributed by atoms with Gasteiger partial charge in [-0.1, -0.05) is 6.07 Å². The quantitative estimate of drug-likeness (QED) is 0.287. The summed E-state index contributed by atoms with van der Waals surface area (Å²) in [5.41, 5.74) is 7.73. The van der Waals surface area contributed by atoms with Crippen LogP contribution in [-0.2, 0) is 0 Å². The number of aryl methyl sites for hydroxylation is 1. The molecule has 4 aromatic rings. The first-order valence-electron chi connectivity index (χ1n) is 12.8. The van der Waals surface area contributed by atoms with Gasteiger partial charge < -0.3 is 24.8 Å². The lowest BCUT2D eigenvalue weighted by Crippen LogP contribution is -2.29. The van der Waals surface area contributed by atoms with E-state index in [9.17, 15) is 5.11 Å². The summed E-state index contributed by atoms with van der Waals surface area (Å²) in [7, 11) is 0. The number of phenolic OH excluding ortho intramolecular Hbond substituents is 1. The van der Waals surface area contributed by atoms with Gasteiger partial charge in [0.2, 0.25) is 0 Å². The maximum absolute atomic E-state index is 9.89. The third-order valence-electron chi connectivity index (χ3n) is 7.25. The summed E-state index contributed by atoms with van der Waals surface area (Å²) >= 11 is 5.86. The molecule has 190 valence electrons. The van der Waals surface area contributed by atoms with Crippen molar-refractivity contribution in [3.63, 3.8) is 0 Å². The highest BCUT2D eigenvalue weighted by atomic mass is 32.1. The molecule has 7 heteroatoms. The molecule has 2 atom stereocenters. The molecule has 0 bridgehead atoms. The number of aromatic nitrogens is 2. The van der Waals surface area contributed by atoms with Gasteiger partial charge in [-0.25, -0.2) is 0 Å². The van der Waals surface area contributed by atoms with E-state index in [4.69, 9.17) is 12.2 Å². The molecule has 3 heterocycles. The molecule has 2 aromatic carbocycles. The molecule has 0 spiro atoms. The Morgan fingerprint density at radius 1 is 0.946 bits per heavy atom. The number of pyridine rings is 1. The number of aromatic hydroxyl groups is 1. The zero-order chi connectivity index (χ0) is 26.1. The van der Waals surface area contributed by atoms with E-state index < -0.39 is 0 Å². The normalized spacial score (nSPS) is 17.2. The van der Waals surface area contributed by atoms with E-state index in [1.807, 2.05) is 36.5 Å². The number of hydrogen-bond acceptors (Lipinski definition) is 4. The van der Waals surface area contributed by atoms with E-state index >= 15 is 0 Å². The standard InChI is InChI=1S/C30H33N5OS/c1-5-33(6-2)22-10-12-23(13-11-22)34-20(3)19-26(21(34)4)29-28(27-9-7-8-18-31-27)32-30(37)35(29)24-14-16-25(36)17-15-24/h7-19,28-29,36H,5-6H2,1-4H3,(H,32,37)/t28-,29+/m1/s1. The first kappa shape index (κ1) is 24.8. The minimum absolute atomic E-state index is 0.109. The van der Waals surface area contributed by atoms with Crippen LogP contribution in [0.2, 0.25) is 0 Å². The smallest absolute Gasteiger partial charge is 0.174 e. The lowest BCUT2D eigenvalue weighted by molar-refractivity contribution is 0.475. The molecule has 37 heavy (non-hydrogen) atoms. The number of nitrogens with zero attached hydrogens (tertiary/aromatic N) is 4. The van der Waals surface area contributed by atoms with Crippen LogP contribution < -0.4 is 15.1 Å². The maximum Gasteiger partial charge on any atom is 0.174 e. The molecule has 2 aromatic heterocycles. The van der Waals surface area contributed by atoms with Gasteiger partial charge in [0.25, 0.3) is 0 Å². The Labute approximate surface area is 224 Å². The van der Waals surface area contributed by atoms with E-state index in [1.54, 1.807) is 12.1 Å². The monoisotopic (exact) mass is 511 g/mol. The summed E-state index contributed by atoms with van der Waals surface area (Å²) in [6.45, 7) is 10.7. The second-order valence-corrected chi connectivity index (χ2v) is 9.75. The Morgan fingerprint density at radius 3 is 2.24 bits per heavy atom. The van der Waals surface area contributed by atoms with Gasteiger partial charge in [0.15, 0.2) is 5.11 Å². The van der Waals surface area contributed by atoms with Gasteiger partial charge >= 0.3 is 0 Å². The number of rotatable bonds is 7. The predicted octanol–water partition coefficient (Wildman–Crippen LogP) is 6.22. The molecule has 1 fully saturated rings. The van der Waals surface area contributed by atoms with Crippen molar-refractivity contribution in [2.45, 2.75) is 39.8 Å². The van der Waals surface area contributed by atoms with Crippen molar-refractivity contribution in [2.24, 2.45) is 0 Å². The third kappa shape index (κ3) is 4.55. The van der Waals surface area contributed by atoms with E-state index in [1.165, 1.54) is 11.3 Å². The number of nitrogens with one attached hydrogen (secondary N) is 1. The second kappa shape index (κ2) is 10.3. The molecule has 6 nitrogen and oxygen atoms in total. The van der Waals surface area contributed by atoms with Crippen LogP contribution in [0, 0.1) is 13.8 Å². The van der Waals surface area contributed by atoms with Crippen molar-refractivity contribution < 1.29 is 5.11 Å². The Hall–Kier alpha value is -3.84. The van der Waals surface area contributed by atoms with Crippen molar-refractivity contribution in [3.05, 3.63) is 102 Å². The molecule has 1 saturated heterocycles. The van der Waals surface area contributed by atoms with Crippen molar-refractivity contribution >= 4 is 28.7 Å². The molecule has 0 saturated carbocycles. The molecule has 0 amide bonds. The maximum atomic E-state index is 9.89. The summed E-state index contributed by atoms with van der Waals surface area (Å²) in [5, 5.41) is 14.1. The Balaban J connectivity index is 1.61. The van der Waals surface area contributed by atoms with Gasteiger partial charge in [0.05, 0.1) is 17.8 Å². The van der Waals surface area contributed by atoms with Crippen LogP contribution in [0.1, 0.15) is 48.6 Å². The largest absolute Gasteiger partial charge is 0.508 e. The fourth-order valence-corrected chi connectivity index (χ4v) is 5.79. The third-order valence-corrected chi connectivity index (χ3v) is 7.57. The average Bonchev–Trinajstić information content (AvgIpc) is 3.41. The highest BCUT2D eigenvalue weighted by molar-refractivity contribution is 7.80. The van der Waals surface area contributed by atoms with Crippen LogP contribution >= 0.6 is 12.2 Å². The minimum Gasteiger partial charge on any atom is -0.508 e. The Kier molecular flexibility index (Phi) is 6.89. The SMILES string of the molecule is CCN(CC)c1ccc(-n2c(C)cc([C@H]3[C@@H](c4ccccn4)NC(=S)N3c3ccc(O)cc3)c2C)cc1. The van der Waals surface area contributed by atoms with Crippen LogP contribution in [0.25, 0.3) is 5.69 Å². The topological polar surface area (TPSA) is 56.6 Å². The summed E-state index contributed by atoms with van der Waals surface area (Å²) in [4.78, 5) is 9.16. The summed E-state index contributed by atoms with van der Waals surface area (Å²) < 4.78 is 2.31. The van der Waals surface area contributed by atoms with Crippen molar-refractivity contribution in [3.8, 4) is 11.4 Å². The van der Waals surface area contributed by atoms with E-state index in [0.29, 0.717) is 5.11 Å². The highest BCUT2D eigenvalue weighted by Gasteiger charge is 2.42. The molecule has 0 aliphatic carbocycles. The van der Waals surface area contributed by atoms with Gasteiger partial charge in [0, 0.05) is 47.7 Å². The first-order valence-corrected chi connectivity index (χ1v) is 13.2. The number of thiocarbonyl (C=S) groups is 1. The highest BCUT2D eigenvalue weighted by Crippen LogP contribution is 2.44. The lowest BCUT2D eigenvalue weighted by Gasteiger charge is -2.28. The van der Waals surface area contributed by atoms with Crippen LogP contribution in [0.5, 0.6) is 5.75 Å². The summed E-state index contributed by atoms with van der Waals surface area (Å²) in [6.07, 6.45) is 1.82. The van der Waals surface area contributed by atoms with E-state index in [2.05, 4.69) is 82.7 Å². The van der Waals surface area contributed by atoms with Gasteiger partial charge in [-0.05, 0) is 112 Å². The second-order valence-electron chi connectivity index (χ2n) is 9.36. The minimum atomic E-state index is -0.124. The Morgan fingerprint density at radius 2 is 1.62 bits per heavy atom. The van der Waals surface area contributed by atoms with Crippen LogP contribution in [0.15, 0.2) is 79.0 Å². The zero-order valence-electron chi connectivity index (χ0n) is 21.7.